The third kappa shape index (κ3) is 6.27. The minimum atomic E-state index is -1.01. The number of ether oxygens (including phenoxy) is 3. The van der Waals surface area contributed by atoms with Crippen molar-refractivity contribution >= 4 is 29.1 Å². The maximum absolute atomic E-state index is 12.7. The molecule has 0 aliphatic carbocycles. The first kappa shape index (κ1) is 25.1. The van der Waals surface area contributed by atoms with E-state index in [0.29, 0.717) is 17.2 Å². The van der Waals surface area contributed by atoms with Gasteiger partial charge in [0.25, 0.3) is 11.6 Å². The zero-order chi connectivity index (χ0) is 24.8. The number of hydrogen-bond acceptors (Lipinski definition) is 8. The van der Waals surface area contributed by atoms with Crippen molar-refractivity contribution in [2.24, 2.45) is 5.92 Å². The normalized spacial score (nSPS) is 13.8. The fourth-order valence-corrected chi connectivity index (χ4v) is 3.36. The number of benzene rings is 2. The molecule has 1 aliphatic rings. The number of amides is 2. The number of carbonyl (C=O) groups is 2. The fraction of sp³-hybridized carbons (Fsp3) is 0.364. The SMILES string of the molecule is CC(C)C(NC(=O)c1ccc([N+](=O)[O-])cc1Cl)C(=O)NCC(O)COc1ccc2c(c1)OCO2. The van der Waals surface area contributed by atoms with Gasteiger partial charge in [-0.25, -0.2) is 0 Å². The molecule has 34 heavy (non-hydrogen) atoms. The Hall–Kier alpha value is -3.57. The zero-order valence-electron chi connectivity index (χ0n) is 18.4. The summed E-state index contributed by atoms with van der Waals surface area (Å²) in [5.41, 5.74) is -0.250. The van der Waals surface area contributed by atoms with E-state index in [9.17, 15) is 24.8 Å². The molecule has 1 aliphatic heterocycles. The average Bonchev–Trinajstić information content (AvgIpc) is 3.27. The van der Waals surface area contributed by atoms with Crippen LogP contribution in [0.4, 0.5) is 5.69 Å². The van der Waals surface area contributed by atoms with Crippen molar-refractivity contribution in [3.8, 4) is 17.2 Å². The van der Waals surface area contributed by atoms with Crippen LogP contribution in [-0.4, -0.2) is 53.9 Å². The second kappa shape index (κ2) is 11.0. The van der Waals surface area contributed by atoms with E-state index in [-0.39, 0.29) is 42.1 Å². The van der Waals surface area contributed by atoms with Gasteiger partial charge in [-0.15, -0.1) is 0 Å². The van der Waals surface area contributed by atoms with Gasteiger partial charge in [-0.2, -0.15) is 0 Å². The molecule has 0 fully saturated rings. The van der Waals surface area contributed by atoms with E-state index in [2.05, 4.69) is 10.6 Å². The maximum atomic E-state index is 12.7. The molecule has 2 atom stereocenters. The minimum Gasteiger partial charge on any atom is -0.491 e. The van der Waals surface area contributed by atoms with Gasteiger partial charge >= 0.3 is 0 Å². The molecule has 3 rings (SSSR count). The molecule has 11 nitrogen and oxygen atoms in total. The number of non-ortho nitro benzene ring substituents is 1. The summed E-state index contributed by atoms with van der Waals surface area (Å²) in [6.07, 6.45) is -1.01. The molecule has 182 valence electrons. The average molecular weight is 494 g/mol. The van der Waals surface area contributed by atoms with Crippen LogP contribution in [0.2, 0.25) is 5.02 Å². The number of fused-ring (bicyclic) bond motifs is 1. The van der Waals surface area contributed by atoms with Crippen LogP contribution in [0.15, 0.2) is 36.4 Å². The van der Waals surface area contributed by atoms with Crippen LogP contribution in [0.3, 0.4) is 0 Å². The summed E-state index contributed by atoms with van der Waals surface area (Å²) in [4.78, 5) is 35.5. The molecule has 0 aromatic heterocycles. The lowest BCUT2D eigenvalue weighted by atomic mass is 10.0. The summed E-state index contributed by atoms with van der Waals surface area (Å²) in [6.45, 7) is 3.41. The first-order chi connectivity index (χ1) is 16.2. The number of nitro groups is 1. The molecule has 2 aromatic carbocycles. The topological polar surface area (TPSA) is 149 Å². The van der Waals surface area contributed by atoms with Gasteiger partial charge in [-0.05, 0) is 24.1 Å². The molecule has 12 heteroatoms. The molecule has 0 spiro atoms. The Labute approximate surface area is 200 Å². The maximum Gasteiger partial charge on any atom is 0.270 e. The molecule has 2 unspecified atom stereocenters. The van der Waals surface area contributed by atoms with Gasteiger partial charge < -0.3 is 30.0 Å². The lowest BCUT2D eigenvalue weighted by Gasteiger charge is -2.23. The lowest BCUT2D eigenvalue weighted by molar-refractivity contribution is -0.384. The summed E-state index contributed by atoms with van der Waals surface area (Å²) < 4.78 is 16.0. The summed E-state index contributed by atoms with van der Waals surface area (Å²) in [5, 5.41) is 26.1. The Balaban J connectivity index is 1.52. The Morgan fingerprint density at radius 3 is 2.62 bits per heavy atom. The monoisotopic (exact) mass is 493 g/mol. The van der Waals surface area contributed by atoms with Crippen molar-refractivity contribution in [2.45, 2.75) is 26.0 Å². The Morgan fingerprint density at radius 2 is 1.94 bits per heavy atom. The van der Waals surface area contributed by atoms with E-state index in [1.54, 1.807) is 32.0 Å². The lowest BCUT2D eigenvalue weighted by Crippen LogP contribution is -2.51. The molecule has 0 radical (unpaired) electrons. The summed E-state index contributed by atoms with van der Waals surface area (Å²) in [7, 11) is 0. The smallest absolute Gasteiger partial charge is 0.270 e. The van der Waals surface area contributed by atoms with Gasteiger partial charge in [-0.1, -0.05) is 25.4 Å². The second-order valence-electron chi connectivity index (χ2n) is 7.84. The first-order valence-electron chi connectivity index (χ1n) is 10.4. The molecule has 0 bridgehead atoms. The van der Waals surface area contributed by atoms with Crippen molar-refractivity contribution in [2.75, 3.05) is 19.9 Å². The van der Waals surface area contributed by atoms with Crippen LogP contribution in [0.25, 0.3) is 0 Å². The molecular weight excluding hydrogens is 470 g/mol. The number of aliphatic hydroxyl groups excluding tert-OH is 1. The van der Waals surface area contributed by atoms with Gasteiger partial charge in [0.05, 0.1) is 15.5 Å². The molecule has 2 aromatic rings. The third-order valence-corrected chi connectivity index (χ3v) is 5.25. The van der Waals surface area contributed by atoms with Gasteiger partial charge in [0, 0.05) is 24.7 Å². The van der Waals surface area contributed by atoms with Crippen LogP contribution in [0.5, 0.6) is 17.2 Å². The van der Waals surface area contributed by atoms with Crippen LogP contribution in [-0.2, 0) is 4.79 Å². The molecule has 2 amide bonds. The first-order valence-corrected chi connectivity index (χ1v) is 10.8. The predicted molar refractivity (Wildman–Crippen MR) is 121 cm³/mol. The van der Waals surface area contributed by atoms with Gasteiger partial charge in [0.15, 0.2) is 11.5 Å². The number of nitro benzene ring substituents is 1. The van der Waals surface area contributed by atoms with E-state index in [1.165, 1.54) is 6.07 Å². The van der Waals surface area contributed by atoms with Crippen LogP contribution < -0.4 is 24.8 Å². The third-order valence-electron chi connectivity index (χ3n) is 4.94. The highest BCUT2D eigenvalue weighted by Crippen LogP contribution is 2.35. The van der Waals surface area contributed by atoms with Gasteiger partial charge in [0.1, 0.15) is 24.5 Å². The highest BCUT2D eigenvalue weighted by molar-refractivity contribution is 6.34. The number of nitrogens with one attached hydrogen (secondary N) is 2. The molecule has 1 heterocycles. The quantitative estimate of drug-likeness (QED) is 0.337. The van der Waals surface area contributed by atoms with E-state index in [0.717, 1.165) is 12.1 Å². The number of rotatable bonds is 10. The summed E-state index contributed by atoms with van der Waals surface area (Å²) in [5.74, 6) is 0.176. The highest BCUT2D eigenvalue weighted by Gasteiger charge is 2.26. The van der Waals surface area contributed by atoms with E-state index in [1.807, 2.05) is 0 Å². The number of hydrogen-bond donors (Lipinski definition) is 3. The van der Waals surface area contributed by atoms with Gasteiger partial charge in [-0.3, -0.25) is 19.7 Å². The molecular formula is C22H24ClN3O8. The Kier molecular flexibility index (Phi) is 8.13. The van der Waals surface area contributed by atoms with Crippen LogP contribution >= 0.6 is 11.6 Å². The summed E-state index contributed by atoms with van der Waals surface area (Å²) >= 11 is 6.00. The van der Waals surface area contributed by atoms with E-state index >= 15 is 0 Å². The van der Waals surface area contributed by atoms with Crippen molar-refractivity contribution in [3.63, 3.8) is 0 Å². The molecule has 3 N–H and O–H groups in total. The van der Waals surface area contributed by atoms with Crippen molar-refractivity contribution < 1.29 is 33.8 Å². The van der Waals surface area contributed by atoms with E-state index < -0.39 is 28.9 Å². The molecule has 0 saturated carbocycles. The number of carbonyl (C=O) groups excluding carboxylic acids is 2. The van der Waals surface area contributed by atoms with Crippen molar-refractivity contribution in [1.82, 2.24) is 10.6 Å². The van der Waals surface area contributed by atoms with Gasteiger partial charge in [0.2, 0.25) is 12.7 Å². The van der Waals surface area contributed by atoms with Crippen LogP contribution in [0, 0.1) is 16.0 Å². The van der Waals surface area contributed by atoms with Crippen molar-refractivity contribution in [1.29, 1.82) is 0 Å². The fourth-order valence-electron chi connectivity index (χ4n) is 3.10. The molecule has 0 saturated heterocycles. The standard InChI is InChI=1S/C22H24ClN3O8/c1-12(2)20(25-21(28)16-5-3-13(26(30)31)7-17(16)23)22(29)24-9-14(27)10-32-15-4-6-18-19(8-15)34-11-33-18/h3-8,12,14,20,27H,9-11H2,1-2H3,(H,24,29)(H,25,28). The second-order valence-corrected chi connectivity index (χ2v) is 8.25. The number of halogens is 1. The Bertz CT molecular complexity index is 1080. The summed E-state index contributed by atoms with van der Waals surface area (Å²) in [6, 6.07) is 7.52. The van der Waals surface area contributed by atoms with Crippen molar-refractivity contribution in [3.05, 3.63) is 57.1 Å². The highest BCUT2D eigenvalue weighted by atomic mass is 35.5. The number of nitrogens with zero attached hydrogens (tertiary/aromatic N) is 1. The largest absolute Gasteiger partial charge is 0.491 e. The minimum absolute atomic E-state index is 0.00266. The zero-order valence-corrected chi connectivity index (χ0v) is 19.2. The van der Waals surface area contributed by atoms with Crippen LogP contribution in [0.1, 0.15) is 24.2 Å². The predicted octanol–water partition coefficient (Wildman–Crippen LogP) is 2.29. The van der Waals surface area contributed by atoms with E-state index in [4.69, 9.17) is 25.8 Å². The Morgan fingerprint density at radius 1 is 1.21 bits per heavy atom. The number of aliphatic hydroxyl groups is 1.